The lowest BCUT2D eigenvalue weighted by Crippen LogP contribution is -2.35. The van der Waals surface area contributed by atoms with Crippen molar-refractivity contribution in [1.29, 1.82) is 0 Å². The second kappa shape index (κ2) is 7.34. The Bertz CT molecular complexity index is 795. The highest BCUT2D eigenvalue weighted by Crippen LogP contribution is 2.40. The van der Waals surface area contributed by atoms with Crippen LogP contribution in [0.25, 0.3) is 0 Å². The van der Waals surface area contributed by atoms with Crippen molar-refractivity contribution in [3.05, 3.63) is 77.6 Å². The van der Waals surface area contributed by atoms with E-state index in [2.05, 4.69) is 4.90 Å². The molecule has 1 amide bonds. The molecule has 0 spiro atoms. The van der Waals surface area contributed by atoms with Crippen LogP contribution in [0.3, 0.4) is 0 Å². The van der Waals surface area contributed by atoms with E-state index in [1.54, 1.807) is 4.90 Å². The van der Waals surface area contributed by atoms with Gasteiger partial charge in [-0.15, -0.1) is 0 Å². The van der Waals surface area contributed by atoms with Gasteiger partial charge in [-0.3, -0.25) is 14.6 Å². The van der Waals surface area contributed by atoms with Gasteiger partial charge in [-0.05, 0) is 43.6 Å². The lowest BCUT2D eigenvalue weighted by molar-refractivity contribution is -0.115. The number of piperidine rings is 1. The van der Waals surface area contributed by atoms with Gasteiger partial charge < -0.3 is 5.11 Å². The number of hydrogen-bond donors (Lipinski definition) is 1. The minimum atomic E-state index is -0.453. The molecule has 2 heterocycles. The highest BCUT2D eigenvalue weighted by atomic mass is 16.3. The quantitative estimate of drug-likeness (QED) is 0.906. The second-order valence-corrected chi connectivity index (χ2v) is 7.02. The van der Waals surface area contributed by atoms with E-state index >= 15 is 0 Å². The summed E-state index contributed by atoms with van der Waals surface area (Å²) in [4.78, 5) is 17.3. The van der Waals surface area contributed by atoms with Gasteiger partial charge in [0, 0.05) is 12.2 Å². The molecule has 0 unspecified atom stereocenters. The molecule has 0 aliphatic carbocycles. The van der Waals surface area contributed by atoms with Crippen LogP contribution >= 0.6 is 0 Å². The number of aliphatic hydroxyl groups excluding tert-OH is 1. The van der Waals surface area contributed by atoms with Crippen molar-refractivity contribution in [3.63, 3.8) is 0 Å². The smallest absolute Gasteiger partial charge is 0.259 e. The number of carbonyl (C=O) groups is 1. The Morgan fingerprint density at radius 3 is 2.15 bits per heavy atom. The Morgan fingerprint density at radius 1 is 0.885 bits per heavy atom. The summed E-state index contributed by atoms with van der Waals surface area (Å²) in [6, 6.07) is 18.9. The first kappa shape index (κ1) is 16.9. The number of rotatable bonds is 4. The van der Waals surface area contributed by atoms with Crippen molar-refractivity contribution >= 4 is 11.6 Å². The van der Waals surface area contributed by atoms with Gasteiger partial charge in [-0.25, -0.2) is 0 Å². The molecule has 134 valence electrons. The van der Waals surface area contributed by atoms with Crippen LogP contribution in [0.15, 0.2) is 72.0 Å². The van der Waals surface area contributed by atoms with Gasteiger partial charge in [-0.1, -0.05) is 55.0 Å². The Morgan fingerprint density at radius 2 is 1.50 bits per heavy atom. The molecule has 1 N–H and O–H groups in total. The molecule has 2 aromatic rings. The normalized spacial score (nSPS) is 21.5. The third kappa shape index (κ3) is 3.13. The Hall–Kier alpha value is -2.59. The SMILES string of the molecule is O=C1C(CN2CCCCC2)=C(O)[C@@H](c2ccccc2)N1c1ccccc1. The van der Waals surface area contributed by atoms with E-state index in [1.165, 1.54) is 6.42 Å². The molecule has 0 bridgehead atoms. The molecule has 2 aliphatic heterocycles. The van der Waals surface area contributed by atoms with Crippen LogP contribution in [0.2, 0.25) is 0 Å². The number of anilines is 1. The van der Waals surface area contributed by atoms with Crippen LogP contribution in [-0.2, 0) is 4.79 Å². The molecular formula is C22H24N2O2. The average molecular weight is 348 g/mol. The van der Waals surface area contributed by atoms with Crippen LogP contribution in [0.1, 0.15) is 30.9 Å². The van der Waals surface area contributed by atoms with Crippen LogP contribution in [0.5, 0.6) is 0 Å². The van der Waals surface area contributed by atoms with Crippen LogP contribution < -0.4 is 4.90 Å². The Labute approximate surface area is 154 Å². The first-order valence-corrected chi connectivity index (χ1v) is 9.33. The molecular weight excluding hydrogens is 324 g/mol. The fourth-order valence-corrected chi connectivity index (χ4v) is 3.95. The summed E-state index contributed by atoms with van der Waals surface area (Å²) >= 11 is 0. The number of aliphatic hydroxyl groups is 1. The zero-order valence-corrected chi connectivity index (χ0v) is 14.8. The van der Waals surface area contributed by atoms with Gasteiger partial charge in [-0.2, -0.15) is 0 Å². The number of amides is 1. The van der Waals surface area contributed by atoms with Gasteiger partial charge in [0.2, 0.25) is 0 Å². The van der Waals surface area contributed by atoms with E-state index in [-0.39, 0.29) is 11.7 Å². The topological polar surface area (TPSA) is 43.8 Å². The molecule has 26 heavy (non-hydrogen) atoms. The Balaban J connectivity index is 1.71. The van der Waals surface area contributed by atoms with E-state index in [0.29, 0.717) is 12.1 Å². The molecule has 1 atom stereocenters. The highest BCUT2D eigenvalue weighted by Gasteiger charge is 2.41. The summed E-state index contributed by atoms with van der Waals surface area (Å²) in [7, 11) is 0. The Kier molecular flexibility index (Phi) is 4.76. The maximum Gasteiger partial charge on any atom is 0.259 e. The molecule has 2 aliphatic rings. The minimum absolute atomic E-state index is 0.0897. The largest absolute Gasteiger partial charge is 0.509 e. The lowest BCUT2D eigenvalue weighted by Gasteiger charge is -2.27. The van der Waals surface area contributed by atoms with Gasteiger partial charge in [0.25, 0.3) is 5.91 Å². The van der Waals surface area contributed by atoms with Crippen molar-refractivity contribution < 1.29 is 9.90 Å². The third-order valence-corrected chi connectivity index (χ3v) is 5.28. The first-order chi connectivity index (χ1) is 12.8. The fourth-order valence-electron chi connectivity index (χ4n) is 3.95. The maximum atomic E-state index is 13.3. The standard InChI is InChI=1S/C22H24N2O2/c25-21-19(16-23-14-8-3-9-15-23)22(26)24(18-12-6-2-7-13-18)20(21)17-10-4-1-5-11-17/h1-2,4-7,10-13,20,25H,3,8-9,14-16H2/t20-/m1/s1. The predicted molar refractivity (Wildman–Crippen MR) is 103 cm³/mol. The number of likely N-dealkylation sites (tertiary alicyclic amines) is 1. The molecule has 0 aromatic heterocycles. The summed E-state index contributed by atoms with van der Waals surface area (Å²) < 4.78 is 0. The van der Waals surface area contributed by atoms with Gasteiger partial charge >= 0.3 is 0 Å². The van der Waals surface area contributed by atoms with Gasteiger partial charge in [0.15, 0.2) is 0 Å². The van der Waals surface area contributed by atoms with E-state index in [4.69, 9.17) is 0 Å². The number of hydrogen-bond acceptors (Lipinski definition) is 3. The molecule has 0 saturated carbocycles. The van der Waals surface area contributed by atoms with E-state index in [9.17, 15) is 9.90 Å². The molecule has 4 rings (SSSR count). The first-order valence-electron chi connectivity index (χ1n) is 9.33. The number of nitrogens with zero attached hydrogens (tertiary/aromatic N) is 2. The maximum absolute atomic E-state index is 13.3. The summed E-state index contributed by atoms with van der Waals surface area (Å²) in [5, 5.41) is 11.0. The predicted octanol–water partition coefficient (Wildman–Crippen LogP) is 4.07. The zero-order valence-electron chi connectivity index (χ0n) is 14.8. The van der Waals surface area contributed by atoms with E-state index < -0.39 is 6.04 Å². The van der Waals surface area contributed by atoms with Crippen molar-refractivity contribution in [1.82, 2.24) is 4.90 Å². The van der Waals surface area contributed by atoms with Crippen LogP contribution in [0.4, 0.5) is 5.69 Å². The fraction of sp³-hybridized carbons (Fsp3) is 0.318. The number of para-hydroxylation sites is 1. The molecule has 1 fully saturated rings. The third-order valence-electron chi connectivity index (χ3n) is 5.28. The summed E-state index contributed by atoms with van der Waals surface area (Å²) in [5.41, 5.74) is 2.27. The van der Waals surface area contributed by atoms with Crippen molar-refractivity contribution in [2.75, 3.05) is 24.5 Å². The van der Waals surface area contributed by atoms with Crippen molar-refractivity contribution in [3.8, 4) is 0 Å². The van der Waals surface area contributed by atoms with Gasteiger partial charge in [0.1, 0.15) is 11.8 Å². The number of benzene rings is 2. The van der Waals surface area contributed by atoms with Crippen LogP contribution in [0, 0.1) is 0 Å². The monoisotopic (exact) mass is 348 g/mol. The number of carbonyl (C=O) groups excluding carboxylic acids is 1. The second-order valence-electron chi connectivity index (χ2n) is 7.02. The van der Waals surface area contributed by atoms with Crippen molar-refractivity contribution in [2.45, 2.75) is 25.3 Å². The summed E-state index contributed by atoms with van der Waals surface area (Å²) in [6.45, 7) is 2.51. The molecule has 2 aromatic carbocycles. The summed E-state index contributed by atoms with van der Waals surface area (Å²) in [6.07, 6.45) is 3.57. The van der Waals surface area contributed by atoms with Crippen molar-refractivity contribution in [2.24, 2.45) is 0 Å². The lowest BCUT2D eigenvalue weighted by atomic mass is 10.0. The van der Waals surface area contributed by atoms with Crippen LogP contribution in [-0.4, -0.2) is 35.5 Å². The van der Waals surface area contributed by atoms with E-state index in [0.717, 1.165) is 37.2 Å². The average Bonchev–Trinajstić information content (AvgIpc) is 2.95. The highest BCUT2D eigenvalue weighted by molar-refractivity contribution is 6.10. The molecule has 0 radical (unpaired) electrons. The molecule has 4 heteroatoms. The molecule has 1 saturated heterocycles. The molecule has 4 nitrogen and oxygen atoms in total. The summed E-state index contributed by atoms with van der Waals surface area (Å²) in [5.74, 6) is 0.101. The van der Waals surface area contributed by atoms with Gasteiger partial charge in [0.05, 0.1) is 5.57 Å². The minimum Gasteiger partial charge on any atom is -0.509 e. The zero-order chi connectivity index (χ0) is 17.9. The van der Waals surface area contributed by atoms with E-state index in [1.807, 2.05) is 60.7 Å².